The Morgan fingerprint density at radius 3 is 2.67 bits per heavy atom. The Balaban J connectivity index is 2.44. The molecule has 2 heteroatoms. The van der Waals surface area contributed by atoms with E-state index in [1.807, 2.05) is 0 Å². The molecule has 0 bridgehead atoms. The third-order valence-corrected chi connectivity index (χ3v) is 2.00. The maximum absolute atomic E-state index is 5.46. The van der Waals surface area contributed by atoms with Crippen LogP contribution in [-0.2, 0) is 0 Å². The van der Waals surface area contributed by atoms with Gasteiger partial charge >= 0.3 is 0 Å². The average molecular weight is 141 g/mol. The van der Waals surface area contributed by atoms with Crippen molar-refractivity contribution in [2.24, 2.45) is 11.7 Å². The van der Waals surface area contributed by atoms with Crippen LogP contribution in [0.4, 0.5) is 0 Å². The Hall–Kier alpha value is -0.370. The van der Waals surface area contributed by atoms with Crippen molar-refractivity contribution in [1.82, 2.24) is 0 Å². The first-order valence-electron chi connectivity index (χ1n) is 3.25. The molecule has 0 aromatic rings. The van der Waals surface area contributed by atoms with Crippen molar-refractivity contribution in [1.29, 1.82) is 0 Å². The highest BCUT2D eigenvalue weighted by Crippen LogP contribution is 2.17. The smallest absolute Gasteiger partial charge is 0.0761 e. The molecule has 0 spiro atoms. The van der Waals surface area contributed by atoms with E-state index in [0.717, 1.165) is 19.3 Å². The van der Waals surface area contributed by atoms with Gasteiger partial charge in [-0.05, 0) is 19.3 Å². The molecule has 0 amide bonds. The highest BCUT2D eigenvalue weighted by atomic mass is 32.1. The molecule has 0 saturated carbocycles. The van der Waals surface area contributed by atoms with Crippen LogP contribution in [0.1, 0.15) is 19.3 Å². The molecule has 1 aliphatic rings. The summed E-state index contributed by atoms with van der Waals surface area (Å²) in [6, 6.07) is 0. The summed E-state index contributed by atoms with van der Waals surface area (Å²) in [4.78, 5) is 0.680. The van der Waals surface area contributed by atoms with Crippen LogP contribution < -0.4 is 5.73 Å². The summed E-state index contributed by atoms with van der Waals surface area (Å²) in [5, 5.41) is 0. The van der Waals surface area contributed by atoms with E-state index >= 15 is 0 Å². The third-order valence-electron chi connectivity index (χ3n) is 1.67. The summed E-state index contributed by atoms with van der Waals surface area (Å²) in [7, 11) is 0. The number of hydrogen-bond acceptors (Lipinski definition) is 1. The molecule has 0 fully saturated rings. The van der Waals surface area contributed by atoms with Gasteiger partial charge in [0.25, 0.3) is 0 Å². The number of allylic oxidation sites excluding steroid dienone is 2. The molecular formula is C7H11NS. The topological polar surface area (TPSA) is 26.0 Å². The number of rotatable bonds is 1. The van der Waals surface area contributed by atoms with Crippen molar-refractivity contribution in [2.75, 3.05) is 0 Å². The lowest BCUT2D eigenvalue weighted by molar-refractivity contribution is 0.620. The standard InChI is InChI=1S/C7H11NS/c8-7(9)6-4-2-1-3-5-6/h1-2,6H,3-5H2,(H2,8,9). The molecule has 1 aliphatic carbocycles. The molecule has 50 valence electrons. The van der Waals surface area contributed by atoms with Crippen LogP contribution in [0.3, 0.4) is 0 Å². The van der Waals surface area contributed by atoms with Crippen LogP contribution in [-0.4, -0.2) is 4.99 Å². The molecule has 1 unspecified atom stereocenters. The fourth-order valence-corrected chi connectivity index (χ4v) is 1.27. The minimum atomic E-state index is 0.477. The second-order valence-corrected chi connectivity index (χ2v) is 2.86. The average Bonchev–Trinajstić information content (AvgIpc) is 1.90. The Morgan fingerprint density at radius 1 is 1.56 bits per heavy atom. The minimum absolute atomic E-state index is 0.477. The fraction of sp³-hybridized carbons (Fsp3) is 0.571. The van der Waals surface area contributed by atoms with Crippen LogP contribution in [0.2, 0.25) is 0 Å². The van der Waals surface area contributed by atoms with Crippen molar-refractivity contribution in [3.63, 3.8) is 0 Å². The third kappa shape index (κ3) is 1.79. The molecule has 0 heterocycles. The van der Waals surface area contributed by atoms with E-state index in [-0.39, 0.29) is 0 Å². The van der Waals surface area contributed by atoms with Gasteiger partial charge in [-0.2, -0.15) is 0 Å². The summed E-state index contributed by atoms with van der Waals surface area (Å²) in [5.41, 5.74) is 5.46. The predicted molar refractivity (Wildman–Crippen MR) is 43.3 cm³/mol. The van der Waals surface area contributed by atoms with E-state index in [2.05, 4.69) is 12.2 Å². The summed E-state index contributed by atoms with van der Waals surface area (Å²) in [5.74, 6) is 0.477. The van der Waals surface area contributed by atoms with Gasteiger partial charge in [0.05, 0.1) is 4.99 Å². The highest BCUT2D eigenvalue weighted by molar-refractivity contribution is 7.80. The normalized spacial score (nSPS) is 26.0. The van der Waals surface area contributed by atoms with Gasteiger partial charge in [-0.1, -0.05) is 24.4 Å². The van der Waals surface area contributed by atoms with Gasteiger partial charge in [0.2, 0.25) is 0 Å². The van der Waals surface area contributed by atoms with Crippen molar-refractivity contribution in [2.45, 2.75) is 19.3 Å². The Bertz CT molecular complexity index is 140. The molecule has 0 saturated heterocycles. The van der Waals surface area contributed by atoms with Gasteiger partial charge in [-0.3, -0.25) is 0 Å². The van der Waals surface area contributed by atoms with E-state index in [1.54, 1.807) is 0 Å². The van der Waals surface area contributed by atoms with Crippen molar-refractivity contribution >= 4 is 17.2 Å². The zero-order valence-corrected chi connectivity index (χ0v) is 6.16. The summed E-state index contributed by atoms with van der Waals surface area (Å²) >= 11 is 4.86. The molecule has 0 aromatic heterocycles. The van der Waals surface area contributed by atoms with E-state index in [4.69, 9.17) is 18.0 Å². The zero-order valence-electron chi connectivity index (χ0n) is 5.34. The van der Waals surface area contributed by atoms with Crippen LogP contribution in [0.25, 0.3) is 0 Å². The predicted octanol–water partition coefficient (Wildman–Crippen LogP) is 1.63. The van der Waals surface area contributed by atoms with Gasteiger partial charge < -0.3 is 5.73 Å². The van der Waals surface area contributed by atoms with Gasteiger partial charge in [0.1, 0.15) is 0 Å². The van der Waals surface area contributed by atoms with Gasteiger partial charge in [-0.25, -0.2) is 0 Å². The van der Waals surface area contributed by atoms with Crippen LogP contribution in [0.15, 0.2) is 12.2 Å². The van der Waals surface area contributed by atoms with Gasteiger partial charge in [-0.15, -0.1) is 0 Å². The first-order chi connectivity index (χ1) is 4.30. The number of thiocarbonyl (C=S) groups is 1. The lowest BCUT2D eigenvalue weighted by Crippen LogP contribution is -2.21. The maximum Gasteiger partial charge on any atom is 0.0761 e. The molecule has 0 aliphatic heterocycles. The van der Waals surface area contributed by atoms with E-state index < -0.39 is 0 Å². The SMILES string of the molecule is NC(=S)C1CC=CCC1. The lowest BCUT2D eigenvalue weighted by Gasteiger charge is -2.14. The fourth-order valence-electron chi connectivity index (χ4n) is 1.05. The van der Waals surface area contributed by atoms with Crippen molar-refractivity contribution < 1.29 is 0 Å². The molecule has 2 N–H and O–H groups in total. The molecule has 1 rings (SSSR count). The largest absolute Gasteiger partial charge is 0.393 e. The van der Waals surface area contributed by atoms with Crippen molar-refractivity contribution in [3.8, 4) is 0 Å². The van der Waals surface area contributed by atoms with E-state index in [9.17, 15) is 0 Å². The van der Waals surface area contributed by atoms with Gasteiger partial charge in [0, 0.05) is 5.92 Å². The molecular weight excluding hydrogens is 130 g/mol. The van der Waals surface area contributed by atoms with Crippen LogP contribution in [0.5, 0.6) is 0 Å². The Labute approximate surface area is 60.9 Å². The molecule has 0 radical (unpaired) electrons. The summed E-state index contributed by atoms with van der Waals surface area (Å²) < 4.78 is 0. The quantitative estimate of drug-likeness (QED) is 0.443. The first-order valence-corrected chi connectivity index (χ1v) is 3.66. The van der Waals surface area contributed by atoms with Gasteiger partial charge in [0.15, 0.2) is 0 Å². The maximum atomic E-state index is 5.46. The Morgan fingerprint density at radius 2 is 2.33 bits per heavy atom. The molecule has 1 nitrogen and oxygen atoms in total. The number of nitrogens with two attached hydrogens (primary N) is 1. The first kappa shape index (κ1) is 6.75. The Kier molecular flexibility index (Phi) is 2.22. The van der Waals surface area contributed by atoms with Crippen molar-refractivity contribution in [3.05, 3.63) is 12.2 Å². The molecule has 1 atom stereocenters. The van der Waals surface area contributed by atoms with Crippen LogP contribution >= 0.6 is 12.2 Å². The monoisotopic (exact) mass is 141 g/mol. The lowest BCUT2D eigenvalue weighted by atomic mass is 9.95. The zero-order chi connectivity index (χ0) is 6.69. The molecule has 9 heavy (non-hydrogen) atoms. The highest BCUT2D eigenvalue weighted by Gasteiger charge is 2.10. The minimum Gasteiger partial charge on any atom is -0.393 e. The van der Waals surface area contributed by atoms with E-state index in [1.165, 1.54) is 0 Å². The summed E-state index contributed by atoms with van der Waals surface area (Å²) in [6.45, 7) is 0. The second-order valence-electron chi connectivity index (χ2n) is 2.38. The van der Waals surface area contributed by atoms with E-state index in [0.29, 0.717) is 10.9 Å². The number of hydrogen-bond donors (Lipinski definition) is 1. The van der Waals surface area contributed by atoms with Crippen LogP contribution in [0, 0.1) is 5.92 Å². The molecule has 0 aromatic carbocycles. The summed E-state index contributed by atoms with van der Waals surface area (Å²) in [6.07, 6.45) is 7.69. The second kappa shape index (κ2) is 2.97.